The molecule has 0 aliphatic carbocycles. The normalized spacial score (nSPS) is 10.6. The van der Waals surface area contributed by atoms with E-state index in [1.54, 1.807) is 0 Å². The number of nitrogens with zero attached hydrogens (tertiary/aromatic N) is 1. The highest BCUT2D eigenvalue weighted by Crippen LogP contribution is 2.23. The van der Waals surface area contributed by atoms with Gasteiger partial charge in [0.15, 0.2) is 0 Å². The molecule has 1 aromatic carbocycles. The summed E-state index contributed by atoms with van der Waals surface area (Å²) in [7, 11) is 0. The van der Waals surface area contributed by atoms with Gasteiger partial charge in [0.2, 0.25) is 0 Å². The molecule has 3 heteroatoms. The van der Waals surface area contributed by atoms with Crippen LogP contribution in [-0.2, 0) is 0 Å². The van der Waals surface area contributed by atoms with Crippen molar-refractivity contribution in [3.8, 4) is 0 Å². The molecular formula is C10H9BrN2. The topological polar surface area (TPSA) is 38.9 Å². The zero-order valence-electron chi connectivity index (χ0n) is 7.21. The predicted octanol–water partition coefficient (Wildman–Crippen LogP) is 2.89. The van der Waals surface area contributed by atoms with E-state index >= 15 is 0 Å². The summed E-state index contributed by atoms with van der Waals surface area (Å²) in [6, 6.07) is 8.09. The van der Waals surface area contributed by atoms with Gasteiger partial charge in [0.1, 0.15) is 5.82 Å². The molecular weight excluding hydrogens is 228 g/mol. The molecule has 66 valence electrons. The quantitative estimate of drug-likeness (QED) is 0.765. The van der Waals surface area contributed by atoms with Gasteiger partial charge < -0.3 is 5.73 Å². The number of nitrogen functional groups attached to an aromatic ring is 1. The molecule has 0 atom stereocenters. The molecule has 0 amide bonds. The first-order chi connectivity index (χ1) is 6.16. The third-order valence-corrected chi connectivity index (χ3v) is 2.59. The van der Waals surface area contributed by atoms with Crippen molar-refractivity contribution in [3.05, 3.63) is 34.3 Å². The molecule has 0 saturated heterocycles. The van der Waals surface area contributed by atoms with Crippen molar-refractivity contribution < 1.29 is 0 Å². The third-order valence-electron chi connectivity index (χ3n) is 1.95. The maximum absolute atomic E-state index is 5.67. The number of aryl methyl sites for hydroxylation is 1. The minimum absolute atomic E-state index is 0.538. The van der Waals surface area contributed by atoms with Crippen molar-refractivity contribution in [2.24, 2.45) is 0 Å². The molecule has 0 fully saturated rings. The van der Waals surface area contributed by atoms with E-state index in [0.717, 1.165) is 15.4 Å². The Morgan fingerprint density at radius 2 is 2.08 bits per heavy atom. The zero-order valence-corrected chi connectivity index (χ0v) is 8.80. The van der Waals surface area contributed by atoms with Crippen molar-refractivity contribution in [1.29, 1.82) is 0 Å². The lowest BCUT2D eigenvalue weighted by Crippen LogP contribution is -1.91. The van der Waals surface area contributed by atoms with E-state index in [9.17, 15) is 0 Å². The number of nitrogens with two attached hydrogens (primary N) is 1. The summed E-state index contributed by atoms with van der Waals surface area (Å²) in [5, 5.41) is 1.11. The summed E-state index contributed by atoms with van der Waals surface area (Å²) < 4.78 is 0.852. The average molecular weight is 237 g/mol. The van der Waals surface area contributed by atoms with Crippen molar-refractivity contribution >= 4 is 32.7 Å². The summed E-state index contributed by atoms with van der Waals surface area (Å²) in [4.78, 5) is 4.25. The van der Waals surface area contributed by atoms with Gasteiger partial charge in [-0.2, -0.15) is 0 Å². The summed E-state index contributed by atoms with van der Waals surface area (Å²) in [6.45, 7) is 2.06. The molecule has 0 spiro atoms. The van der Waals surface area contributed by atoms with Crippen molar-refractivity contribution in [2.75, 3.05) is 5.73 Å². The van der Waals surface area contributed by atoms with E-state index in [2.05, 4.69) is 33.9 Å². The fraction of sp³-hybridized carbons (Fsp3) is 0.100. The number of halogens is 1. The van der Waals surface area contributed by atoms with Crippen LogP contribution in [0, 0.1) is 6.92 Å². The monoisotopic (exact) mass is 236 g/mol. The standard InChI is InChI=1S/C10H9BrN2/c1-6-2-3-9-7(4-6)5-8(11)10(12)13-9/h2-5H,1H3,(H2,12,13). The molecule has 2 N–H and O–H groups in total. The van der Waals surface area contributed by atoms with E-state index in [1.165, 1.54) is 5.56 Å². The Balaban J connectivity index is 2.81. The van der Waals surface area contributed by atoms with Crippen LogP contribution in [0.1, 0.15) is 5.56 Å². The van der Waals surface area contributed by atoms with Crippen molar-refractivity contribution in [3.63, 3.8) is 0 Å². The minimum Gasteiger partial charge on any atom is -0.383 e. The lowest BCUT2D eigenvalue weighted by atomic mass is 10.1. The van der Waals surface area contributed by atoms with Crippen LogP contribution < -0.4 is 5.73 Å². The summed E-state index contributed by atoms with van der Waals surface area (Å²) in [5.41, 5.74) is 7.83. The van der Waals surface area contributed by atoms with Crippen LogP contribution in [0.15, 0.2) is 28.7 Å². The van der Waals surface area contributed by atoms with Gasteiger partial charge in [0.25, 0.3) is 0 Å². The lowest BCUT2D eigenvalue weighted by Gasteiger charge is -2.02. The maximum Gasteiger partial charge on any atom is 0.138 e. The molecule has 0 saturated carbocycles. The van der Waals surface area contributed by atoms with Crippen LogP contribution in [0.5, 0.6) is 0 Å². The van der Waals surface area contributed by atoms with Crippen LogP contribution in [0.3, 0.4) is 0 Å². The Bertz CT molecular complexity index is 466. The van der Waals surface area contributed by atoms with E-state index < -0.39 is 0 Å². The SMILES string of the molecule is Cc1ccc2nc(N)c(Br)cc2c1. The van der Waals surface area contributed by atoms with E-state index in [0.29, 0.717) is 5.82 Å². The van der Waals surface area contributed by atoms with Crippen LogP contribution in [-0.4, -0.2) is 4.98 Å². The number of rotatable bonds is 0. The van der Waals surface area contributed by atoms with E-state index in [4.69, 9.17) is 5.73 Å². The number of anilines is 1. The second kappa shape index (κ2) is 3.00. The van der Waals surface area contributed by atoms with Crippen LogP contribution in [0.25, 0.3) is 10.9 Å². The molecule has 1 heterocycles. The van der Waals surface area contributed by atoms with Crippen molar-refractivity contribution in [2.45, 2.75) is 6.92 Å². The molecule has 13 heavy (non-hydrogen) atoms. The summed E-state index contributed by atoms with van der Waals surface area (Å²) in [5.74, 6) is 0.538. The molecule has 1 aromatic heterocycles. The predicted molar refractivity (Wildman–Crippen MR) is 58.6 cm³/mol. The second-order valence-electron chi connectivity index (χ2n) is 3.05. The lowest BCUT2D eigenvalue weighted by molar-refractivity contribution is 1.38. The molecule has 0 aliphatic heterocycles. The molecule has 0 unspecified atom stereocenters. The number of benzene rings is 1. The molecule has 0 radical (unpaired) electrons. The molecule has 0 bridgehead atoms. The van der Waals surface area contributed by atoms with Crippen LogP contribution in [0.2, 0.25) is 0 Å². The zero-order chi connectivity index (χ0) is 9.42. The Kier molecular flexibility index (Phi) is 1.96. The molecule has 2 rings (SSSR count). The first-order valence-corrected chi connectivity index (χ1v) is 4.78. The Hall–Kier alpha value is -1.09. The number of hydrogen-bond acceptors (Lipinski definition) is 2. The largest absolute Gasteiger partial charge is 0.383 e. The van der Waals surface area contributed by atoms with Crippen LogP contribution in [0.4, 0.5) is 5.82 Å². The average Bonchev–Trinajstić information content (AvgIpc) is 2.08. The Morgan fingerprint density at radius 1 is 1.31 bits per heavy atom. The van der Waals surface area contributed by atoms with Gasteiger partial charge in [-0.25, -0.2) is 4.98 Å². The summed E-state index contributed by atoms with van der Waals surface area (Å²) in [6.07, 6.45) is 0. The second-order valence-corrected chi connectivity index (χ2v) is 3.91. The number of hydrogen-bond donors (Lipinski definition) is 1. The van der Waals surface area contributed by atoms with Gasteiger partial charge in [-0.1, -0.05) is 11.6 Å². The third kappa shape index (κ3) is 1.52. The molecule has 2 aromatic rings. The number of fused-ring (bicyclic) bond motifs is 1. The van der Waals surface area contributed by atoms with E-state index in [-0.39, 0.29) is 0 Å². The Labute approximate surface area is 84.9 Å². The smallest absolute Gasteiger partial charge is 0.138 e. The maximum atomic E-state index is 5.67. The fourth-order valence-corrected chi connectivity index (χ4v) is 1.62. The summed E-state index contributed by atoms with van der Waals surface area (Å²) >= 11 is 3.35. The van der Waals surface area contributed by atoms with Gasteiger partial charge in [-0.15, -0.1) is 0 Å². The van der Waals surface area contributed by atoms with Gasteiger partial charge >= 0.3 is 0 Å². The fourth-order valence-electron chi connectivity index (χ4n) is 1.29. The minimum atomic E-state index is 0.538. The number of aromatic nitrogens is 1. The highest BCUT2D eigenvalue weighted by molar-refractivity contribution is 9.10. The van der Waals surface area contributed by atoms with Crippen molar-refractivity contribution in [1.82, 2.24) is 4.98 Å². The van der Waals surface area contributed by atoms with Crippen LogP contribution >= 0.6 is 15.9 Å². The number of pyridine rings is 1. The molecule has 2 nitrogen and oxygen atoms in total. The van der Waals surface area contributed by atoms with Gasteiger partial charge in [0, 0.05) is 5.39 Å². The Morgan fingerprint density at radius 3 is 2.85 bits per heavy atom. The van der Waals surface area contributed by atoms with Gasteiger partial charge in [-0.3, -0.25) is 0 Å². The van der Waals surface area contributed by atoms with Gasteiger partial charge in [-0.05, 0) is 41.1 Å². The highest BCUT2D eigenvalue weighted by Gasteiger charge is 2.00. The first kappa shape index (κ1) is 8.51. The van der Waals surface area contributed by atoms with Gasteiger partial charge in [0.05, 0.1) is 9.99 Å². The molecule has 0 aliphatic rings. The highest BCUT2D eigenvalue weighted by atomic mass is 79.9. The first-order valence-electron chi connectivity index (χ1n) is 3.99. The van der Waals surface area contributed by atoms with E-state index in [1.807, 2.05) is 18.2 Å².